The van der Waals surface area contributed by atoms with Gasteiger partial charge in [0.2, 0.25) is 0 Å². The van der Waals surface area contributed by atoms with Crippen molar-refractivity contribution in [2.24, 2.45) is 0 Å². The van der Waals surface area contributed by atoms with Crippen molar-refractivity contribution in [1.29, 1.82) is 0 Å². The van der Waals surface area contributed by atoms with Crippen LogP contribution >= 0.6 is 0 Å². The van der Waals surface area contributed by atoms with E-state index in [-0.39, 0.29) is 5.91 Å². The van der Waals surface area contributed by atoms with E-state index in [2.05, 4.69) is 21.4 Å². The summed E-state index contributed by atoms with van der Waals surface area (Å²) in [6.07, 6.45) is 1.87. The summed E-state index contributed by atoms with van der Waals surface area (Å²) >= 11 is 0. The lowest BCUT2D eigenvalue weighted by atomic mass is 10.1. The first-order chi connectivity index (χ1) is 10.7. The number of amides is 1. The maximum atomic E-state index is 12.5. The van der Waals surface area contributed by atoms with Crippen LogP contribution in [0.15, 0.2) is 54.7 Å². The first-order valence-corrected chi connectivity index (χ1v) is 7.17. The first-order valence-electron chi connectivity index (χ1n) is 7.17. The molecule has 4 nitrogen and oxygen atoms in total. The number of fused-ring (bicyclic) bond motifs is 2. The molecule has 2 aromatic carbocycles. The van der Waals surface area contributed by atoms with Crippen LogP contribution < -0.4 is 5.32 Å². The van der Waals surface area contributed by atoms with Gasteiger partial charge in [0.25, 0.3) is 5.91 Å². The Bertz CT molecular complexity index is 994. The lowest BCUT2D eigenvalue weighted by Crippen LogP contribution is -2.12. The molecule has 4 heteroatoms. The molecule has 0 fully saturated rings. The van der Waals surface area contributed by atoms with Crippen LogP contribution in [0.25, 0.3) is 21.8 Å². The molecule has 0 aliphatic carbocycles. The number of aryl methyl sites for hydroxylation is 1. The van der Waals surface area contributed by atoms with E-state index in [0.29, 0.717) is 5.56 Å². The smallest absolute Gasteiger partial charge is 0.255 e. The molecule has 2 heterocycles. The number of carbonyl (C=O) groups excluding carboxylic acids is 1. The Hall–Kier alpha value is -3.01. The Morgan fingerprint density at radius 1 is 1.05 bits per heavy atom. The minimum absolute atomic E-state index is 0.108. The minimum atomic E-state index is -0.108. The molecular formula is C18H15N3O. The number of aromatic amines is 2. The lowest BCUT2D eigenvalue weighted by molar-refractivity contribution is 0.102. The van der Waals surface area contributed by atoms with Gasteiger partial charge in [0.05, 0.1) is 11.2 Å². The first kappa shape index (κ1) is 12.7. The van der Waals surface area contributed by atoms with Gasteiger partial charge in [0, 0.05) is 33.7 Å². The number of carbonyl (C=O) groups is 1. The second-order valence-corrected chi connectivity index (χ2v) is 5.46. The molecular weight excluding hydrogens is 274 g/mol. The highest BCUT2D eigenvalue weighted by Gasteiger charge is 2.10. The summed E-state index contributed by atoms with van der Waals surface area (Å²) in [6, 6.07) is 15.5. The number of aromatic nitrogens is 2. The number of rotatable bonds is 2. The van der Waals surface area contributed by atoms with Crippen molar-refractivity contribution >= 4 is 33.4 Å². The van der Waals surface area contributed by atoms with E-state index < -0.39 is 0 Å². The highest BCUT2D eigenvalue weighted by Crippen LogP contribution is 2.24. The topological polar surface area (TPSA) is 60.7 Å². The van der Waals surface area contributed by atoms with E-state index in [4.69, 9.17) is 0 Å². The van der Waals surface area contributed by atoms with Gasteiger partial charge in [0.15, 0.2) is 0 Å². The fourth-order valence-corrected chi connectivity index (χ4v) is 2.79. The molecule has 108 valence electrons. The van der Waals surface area contributed by atoms with Crippen molar-refractivity contribution in [2.75, 3.05) is 5.32 Å². The van der Waals surface area contributed by atoms with E-state index in [9.17, 15) is 4.79 Å². The maximum absolute atomic E-state index is 12.5. The van der Waals surface area contributed by atoms with Crippen molar-refractivity contribution in [1.82, 2.24) is 9.97 Å². The van der Waals surface area contributed by atoms with Gasteiger partial charge in [-0.15, -0.1) is 0 Å². The molecule has 4 aromatic rings. The normalized spacial score (nSPS) is 11.1. The molecule has 0 saturated carbocycles. The summed E-state index contributed by atoms with van der Waals surface area (Å²) in [4.78, 5) is 18.9. The fraction of sp³-hybridized carbons (Fsp3) is 0.0556. The van der Waals surface area contributed by atoms with Gasteiger partial charge in [0.1, 0.15) is 0 Å². The van der Waals surface area contributed by atoms with Crippen LogP contribution in [-0.2, 0) is 0 Å². The Morgan fingerprint density at radius 2 is 1.95 bits per heavy atom. The molecule has 1 amide bonds. The molecule has 3 N–H and O–H groups in total. The van der Waals surface area contributed by atoms with E-state index in [0.717, 1.165) is 33.2 Å². The highest BCUT2D eigenvalue weighted by molar-refractivity contribution is 6.09. The van der Waals surface area contributed by atoms with Gasteiger partial charge in [-0.3, -0.25) is 4.79 Å². The number of hydrogen-bond donors (Lipinski definition) is 3. The van der Waals surface area contributed by atoms with Crippen LogP contribution in [0.4, 0.5) is 5.69 Å². The molecule has 0 unspecified atom stereocenters. The molecule has 0 radical (unpaired) electrons. The molecule has 22 heavy (non-hydrogen) atoms. The van der Waals surface area contributed by atoms with Crippen LogP contribution in [0.5, 0.6) is 0 Å². The third-order valence-corrected chi connectivity index (χ3v) is 3.85. The Morgan fingerprint density at radius 3 is 2.86 bits per heavy atom. The van der Waals surface area contributed by atoms with Gasteiger partial charge < -0.3 is 15.3 Å². The second-order valence-electron chi connectivity index (χ2n) is 5.46. The van der Waals surface area contributed by atoms with Gasteiger partial charge in [-0.1, -0.05) is 12.1 Å². The van der Waals surface area contributed by atoms with Gasteiger partial charge in [-0.25, -0.2) is 0 Å². The van der Waals surface area contributed by atoms with Crippen LogP contribution in [-0.4, -0.2) is 15.9 Å². The van der Waals surface area contributed by atoms with Crippen molar-refractivity contribution in [3.8, 4) is 0 Å². The van der Waals surface area contributed by atoms with E-state index in [1.807, 2.05) is 55.6 Å². The van der Waals surface area contributed by atoms with Crippen LogP contribution in [0.3, 0.4) is 0 Å². The quantitative estimate of drug-likeness (QED) is 0.508. The van der Waals surface area contributed by atoms with Crippen molar-refractivity contribution < 1.29 is 4.79 Å². The van der Waals surface area contributed by atoms with Crippen LogP contribution in [0.1, 0.15) is 16.1 Å². The van der Waals surface area contributed by atoms with Gasteiger partial charge in [-0.05, 0) is 43.3 Å². The summed E-state index contributed by atoms with van der Waals surface area (Å²) < 4.78 is 0. The Balaban J connectivity index is 1.70. The molecule has 0 bridgehead atoms. The molecule has 0 aliphatic heterocycles. The Labute approximate surface area is 127 Å². The van der Waals surface area contributed by atoms with Crippen molar-refractivity contribution in [3.63, 3.8) is 0 Å². The molecule has 0 aliphatic rings. The molecule has 0 spiro atoms. The monoisotopic (exact) mass is 289 g/mol. The van der Waals surface area contributed by atoms with E-state index in [1.165, 1.54) is 0 Å². The average molecular weight is 289 g/mol. The number of H-pyrrole nitrogens is 2. The summed E-state index contributed by atoms with van der Waals surface area (Å²) in [5.74, 6) is -0.108. The van der Waals surface area contributed by atoms with Crippen LogP contribution in [0.2, 0.25) is 0 Å². The Kier molecular flexibility index (Phi) is 2.76. The molecule has 2 aromatic heterocycles. The molecule has 0 saturated heterocycles. The number of benzene rings is 2. The number of para-hydroxylation sites is 1. The van der Waals surface area contributed by atoms with Gasteiger partial charge in [-0.2, -0.15) is 0 Å². The average Bonchev–Trinajstić information content (AvgIpc) is 3.12. The van der Waals surface area contributed by atoms with Crippen molar-refractivity contribution in [3.05, 3.63) is 66.0 Å². The zero-order chi connectivity index (χ0) is 15.1. The second kappa shape index (κ2) is 4.77. The predicted molar refractivity (Wildman–Crippen MR) is 89.3 cm³/mol. The maximum Gasteiger partial charge on any atom is 0.255 e. The van der Waals surface area contributed by atoms with E-state index >= 15 is 0 Å². The predicted octanol–water partition coefficient (Wildman–Crippen LogP) is 4.21. The number of nitrogens with one attached hydrogen (secondary N) is 3. The summed E-state index contributed by atoms with van der Waals surface area (Å²) in [5.41, 5.74) is 4.50. The van der Waals surface area contributed by atoms with Gasteiger partial charge >= 0.3 is 0 Å². The van der Waals surface area contributed by atoms with E-state index in [1.54, 1.807) is 0 Å². The standard InChI is InChI=1S/C18H15N3O/c1-11-9-13-3-2-4-16(17(13)20-11)21-18(22)14-5-6-15-12(10-14)7-8-19-15/h2-10,19-20H,1H3,(H,21,22). The van der Waals surface area contributed by atoms with Crippen LogP contribution in [0, 0.1) is 6.92 Å². The molecule has 4 rings (SSSR count). The fourth-order valence-electron chi connectivity index (χ4n) is 2.79. The number of anilines is 1. The third-order valence-electron chi connectivity index (χ3n) is 3.85. The molecule has 0 atom stereocenters. The largest absolute Gasteiger partial charge is 0.361 e. The summed E-state index contributed by atoms with van der Waals surface area (Å²) in [5, 5.41) is 5.11. The minimum Gasteiger partial charge on any atom is -0.361 e. The summed E-state index contributed by atoms with van der Waals surface area (Å²) in [6.45, 7) is 2.01. The summed E-state index contributed by atoms with van der Waals surface area (Å²) in [7, 11) is 0. The third kappa shape index (κ3) is 2.05. The van der Waals surface area contributed by atoms with Crippen molar-refractivity contribution in [2.45, 2.75) is 6.92 Å². The zero-order valence-corrected chi connectivity index (χ0v) is 12.1. The lowest BCUT2D eigenvalue weighted by Gasteiger charge is -2.07. The SMILES string of the molecule is Cc1cc2cccc(NC(=O)c3ccc4[nH]ccc4c3)c2[nH]1. The zero-order valence-electron chi connectivity index (χ0n) is 12.1. The highest BCUT2D eigenvalue weighted by atomic mass is 16.1. The number of hydrogen-bond acceptors (Lipinski definition) is 1.